The number of rotatable bonds is 2. The number of nitrogens with zero attached hydrogens (tertiary/aromatic N) is 2. The second kappa shape index (κ2) is 5.03. The summed E-state index contributed by atoms with van der Waals surface area (Å²) in [6.07, 6.45) is -4.46. The van der Waals surface area contributed by atoms with Gasteiger partial charge in [-0.25, -0.2) is 4.79 Å². The highest BCUT2D eigenvalue weighted by atomic mass is 19.4. The molecule has 0 radical (unpaired) electrons. The Hall–Kier alpha value is -1.47. The van der Waals surface area contributed by atoms with Crippen LogP contribution in [0.15, 0.2) is 0 Å². The first-order chi connectivity index (χ1) is 8.11. The van der Waals surface area contributed by atoms with Gasteiger partial charge in [0.2, 0.25) is 0 Å². The van der Waals surface area contributed by atoms with Gasteiger partial charge in [-0.2, -0.15) is 13.2 Å². The van der Waals surface area contributed by atoms with Gasteiger partial charge in [-0.15, -0.1) is 0 Å². The van der Waals surface area contributed by atoms with Crippen molar-refractivity contribution in [3.8, 4) is 0 Å². The zero-order chi connectivity index (χ0) is 14.1. The Morgan fingerprint density at radius 1 is 1.39 bits per heavy atom. The standard InChI is InChI=1S/C10H15F3N2O3/c1-6-3-15(4-7(6)8(16)17)9(18)14(2)5-10(11,12)13/h6-7H,3-5H2,1-2H3,(H,16,17)/t6-,7-/m1/s1. The lowest BCUT2D eigenvalue weighted by molar-refractivity contribution is -0.142. The Morgan fingerprint density at radius 2 is 1.94 bits per heavy atom. The molecule has 8 heteroatoms. The SMILES string of the molecule is C[C@@H]1CN(C(=O)N(C)CC(F)(F)F)C[C@H]1C(=O)O. The van der Waals surface area contributed by atoms with Gasteiger partial charge in [0.15, 0.2) is 0 Å². The molecular formula is C10H15F3N2O3. The van der Waals surface area contributed by atoms with Crippen LogP contribution in [0.2, 0.25) is 0 Å². The molecule has 0 aromatic rings. The summed E-state index contributed by atoms with van der Waals surface area (Å²) < 4.78 is 36.4. The summed E-state index contributed by atoms with van der Waals surface area (Å²) in [6.45, 7) is 0.444. The summed E-state index contributed by atoms with van der Waals surface area (Å²) in [5.74, 6) is -2.00. The monoisotopic (exact) mass is 268 g/mol. The molecule has 0 aromatic carbocycles. The zero-order valence-corrected chi connectivity index (χ0v) is 10.1. The molecule has 1 saturated heterocycles. The lowest BCUT2D eigenvalue weighted by Gasteiger charge is -2.25. The number of alkyl halides is 3. The summed E-state index contributed by atoms with van der Waals surface area (Å²) in [5.41, 5.74) is 0. The van der Waals surface area contributed by atoms with Gasteiger partial charge in [0.25, 0.3) is 0 Å². The van der Waals surface area contributed by atoms with Crippen LogP contribution < -0.4 is 0 Å². The highest BCUT2D eigenvalue weighted by Crippen LogP contribution is 2.25. The van der Waals surface area contributed by atoms with Gasteiger partial charge in [0.1, 0.15) is 6.54 Å². The fourth-order valence-electron chi connectivity index (χ4n) is 2.02. The van der Waals surface area contributed by atoms with Crippen molar-refractivity contribution in [1.82, 2.24) is 9.80 Å². The predicted octanol–water partition coefficient (Wildman–Crippen LogP) is 1.25. The van der Waals surface area contributed by atoms with Crippen LogP contribution in [0.25, 0.3) is 0 Å². The van der Waals surface area contributed by atoms with E-state index in [2.05, 4.69) is 0 Å². The lowest BCUT2D eigenvalue weighted by atomic mass is 9.99. The van der Waals surface area contributed by atoms with Crippen molar-refractivity contribution < 1.29 is 27.9 Å². The van der Waals surface area contributed by atoms with Gasteiger partial charge in [0, 0.05) is 20.1 Å². The first kappa shape index (κ1) is 14.6. The fraction of sp³-hybridized carbons (Fsp3) is 0.800. The predicted molar refractivity (Wildman–Crippen MR) is 55.9 cm³/mol. The highest BCUT2D eigenvalue weighted by Gasteiger charge is 2.39. The van der Waals surface area contributed by atoms with Crippen molar-refractivity contribution in [3.63, 3.8) is 0 Å². The molecule has 0 saturated carbocycles. The second-order valence-electron chi connectivity index (χ2n) is 4.58. The largest absolute Gasteiger partial charge is 0.481 e. The van der Waals surface area contributed by atoms with E-state index in [1.54, 1.807) is 6.92 Å². The molecule has 1 heterocycles. The Labute approximate surface area is 102 Å². The van der Waals surface area contributed by atoms with Crippen LogP contribution in [-0.4, -0.2) is 59.8 Å². The van der Waals surface area contributed by atoms with Crippen LogP contribution in [0.4, 0.5) is 18.0 Å². The third-order valence-corrected chi connectivity index (χ3v) is 2.94. The molecule has 1 rings (SSSR count). The van der Waals surface area contributed by atoms with Crippen molar-refractivity contribution in [2.75, 3.05) is 26.7 Å². The number of amides is 2. The molecule has 2 atom stereocenters. The van der Waals surface area contributed by atoms with E-state index in [1.165, 1.54) is 0 Å². The average Bonchev–Trinajstić information content (AvgIpc) is 2.56. The Morgan fingerprint density at radius 3 is 2.33 bits per heavy atom. The summed E-state index contributed by atoms with van der Waals surface area (Å²) in [6, 6.07) is -0.789. The number of carbonyl (C=O) groups excluding carboxylic acids is 1. The van der Waals surface area contributed by atoms with Gasteiger partial charge < -0.3 is 14.9 Å². The topological polar surface area (TPSA) is 60.9 Å². The first-order valence-electron chi connectivity index (χ1n) is 5.41. The molecule has 1 aliphatic rings. The van der Waals surface area contributed by atoms with Gasteiger partial charge in [-0.05, 0) is 5.92 Å². The summed E-state index contributed by atoms with van der Waals surface area (Å²) >= 11 is 0. The fourth-order valence-corrected chi connectivity index (χ4v) is 2.02. The van der Waals surface area contributed by atoms with E-state index in [-0.39, 0.29) is 19.0 Å². The molecule has 2 amide bonds. The summed E-state index contributed by atoms with van der Waals surface area (Å²) in [5, 5.41) is 8.88. The Balaban J connectivity index is 2.62. The minimum absolute atomic E-state index is 0.0441. The average molecular weight is 268 g/mol. The van der Waals surface area contributed by atoms with Crippen molar-refractivity contribution in [1.29, 1.82) is 0 Å². The molecule has 18 heavy (non-hydrogen) atoms. The van der Waals surface area contributed by atoms with Crippen molar-refractivity contribution in [3.05, 3.63) is 0 Å². The van der Waals surface area contributed by atoms with E-state index < -0.39 is 30.6 Å². The lowest BCUT2D eigenvalue weighted by Crippen LogP contribution is -2.44. The molecule has 0 aliphatic carbocycles. The summed E-state index contributed by atoms with van der Waals surface area (Å²) in [4.78, 5) is 24.2. The van der Waals surface area contributed by atoms with Gasteiger partial charge in [-0.1, -0.05) is 6.92 Å². The molecule has 1 N–H and O–H groups in total. The number of carboxylic acid groups (broad SMARTS) is 1. The first-order valence-corrected chi connectivity index (χ1v) is 5.41. The van der Waals surface area contributed by atoms with Crippen molar-refractivity contribution in [2.45, 2.75) is 13.1 Å². The smallest absolute Gasteiger partial charge is 0.406 e. The van der Waals surface area contributed by atoms with Crippen LogP contribution in [0.3, 0.4) is 0 Å². The van der Waals surface area contributed by atoms with Crippen molar-refractivity contribution >= 4 is 12.0 Å². The van der Waals surface area contributed by atoms with E-state index in [0.29, 0.717) is 4.90 Å². The number of hydrogen-bond acceptors (Lipinski definition) is 2. The number of urea groups is 1. The number of halogens is 3. The third kappa shape index (κ3) is 3.51. The maximum absolute atomic E-state index is 12.1. The molecule has 0 unspecified atom stereocenters. The second-order valence-corrected chi connectivity index (χ2v) is 4.58. The molecule has 0 spiro atoms. The Bertz CT molecular complexity index is 346. The highest BCUT2D eigenvalue weighted by molar-refractivity contribution is 5.77. The van der Waals surface area contributed by atoms with E-state index in [0.717, 1.165) is 11.9 Å². The number of carboxylic acids is 1. The van der Waals surface area contributed by atoms with Crippen LogP contribution in [0, 0.1) is 11.8 Å². The maximum Gasteiger partial charge on any atom is 0.406 e. The third-order valence-electron chi connectivity index (χ3n) is 2.94. The van der Waals surface area contributed by atoms with Crippen LogP contribution >= 0.6 is 0 Å². The molecule has 1 aliphatic heterocycles. The van der Waals surface area contributed by atoms with Gasteiger partial charge in [0.05, 0.1) is 5.92 Å². The van der Waals surface area contributed by atoms with E-state index >= 15 is 0 Å². The maximum atomic E-state index is 12.1. The molecular weight excluding hydrogens is 253 g/mol. The number of carbonyl (C=O) groups is 2. The minimum atomic E-state index is -4.46. The van der Waals surface area contributed by atoms with E-state index in [1.807, 2.05) is 0 Å². The molecule has 0 aromatic heterocycles. The Kier molecular flexibility index (Phi) is 4.08. The van der Waals surface area contributed by atoms with E-state index in [9.17, 15) is 22.8 Å². The quantitative estimate of drug-likeness (QED) is 0.820. The van der Waals surface area contributed by atoms with Crippen LogP contribution in [0.5, 0.6) is 0 Å². The summed E-state index contributed by atoms with van der Waals surface area (Å²) in [7, 11) is 1.05. The number of aliphatic carboxylic acids is 1. The number of hydrogen-bond donors (Lipinski definition) is 1. The molecule has 1 fully saturated rings. The molecule has 0 bridgehead atoms. The van der Waals surface area contributed by atoms with Crippen molar-refractivity contribution in [2.24, 2.45) is 11.8 Å². The number of likely N-dealkylation sites (tertiary alicyclic amines) is 1. The minimum Gasteiger partial charge on any atom is -0.481 e. The normalized spacial score (nSPS) is 24.2. The van der Waals surface area contributed by atoms with E-state index in [4.69, 9.17) is 5.11 Å². The van der Waals surface area contributed by atoms with Gasteiger partial charge in [-0.3, -0.25) is 4.79 Å². The molecule has 104 valence electrons. The van der Waals surface area contributed by atoms with Crippen LogP contribution in [-0.2, 0) is 4.79 Å². The molecule has 5 nitrogen and oxygen atoms in total. The zero-order valence-electron chi connectivity index (χ0n) is 10.1. The van der Waals surface area contributed by atoms with Crippen LogP contribution in [0.1, 0.15) is 6.92 Å². The van der Waals surface area contributed by atoms with Gasteiger partial charge >= 0.3 is 18.2 Å².